The smallest absolute Gasteiger partial charge is 0.147 e. The first-order valence-corrected chi connectivity index (χ1v) is 7.67. The lowest BCUT2D eigenvalue weighted by Crippen LogP contribution is -2.24. The van der Waals surface area contributed by atoms with E-state index in [1.165, 1.54) is 12.8 Å². The number of aromatic nitrogens is 1. The third kappa shape index (κ3) is 4.93. The van der Waals surface area contributed by atoms with Gasteiger partial charge < -0.3 is 15.1 Å². The fourth-order valence-electron chi connectivity index (χ4n) is 2.13. The fourth-order valence-corrected chi connectivity index (χ4v) is 2.46. The van der Waals surface area contributed by atoms with E-state index in [1.807, 2.05) is 19.3 Å². The van der Waals surface area contributed by atoms with Crippen LogP contribution in [0.5, 0.6) is 0 Å². The van der Waals surface area contributed by atoms with E-state index in [2.05, 4.69) is 34.2 Å². The van der Waals surface area contributed by atoms with Crippen LogP contribution in [0.15, 0.2) is 12.3 Å². The van der Waals surface area contributed by atoms with E-state index in [9.17, 15) is 0 Å². The molecule has 1 aliphatic carbocycles. The van der Waals surface area contributed by atoms with Gasteiger partial charge in [0.1, 0.15) is 5.82 Å². The molecule has 0 saturated heterocycles. The van der Waals surface area contributed by atoms with Crippen LogP contribution in [-0.2, 0) is 6.54 Å². The summed E-state index contributed by atoms with van der Waals surface area (Å²) in [5, 5.41) is 4.22. The zero-order valence-electron chi connectivity index (χ0n) is 12.7. The van der Waals surface area contributed by atoms with Crippen molar-refractivity contribution in [2.45, 2.75) is 31.8 Å². The van der Waals surface area contributed by atoms with Crippen molar-refractivity contribution >= 4 is 17.4 Å². The lowest BCUT2D eigenvalue weighted by Gasteiger charge is -2.20. The summed E-state index contributed by atoms with van der Waals surface area (Å²) in [5.74, 6) is 0.876. The summed E-state index contributed by atoms with van der Waals surface area (Å²) in [7, 11) is 6.23. The molecule has 4 nitrogen and oxygen atoms in total. The molecule has 0 amide bonds. The molecule has 1 N–H and O–H groups in total. The van der Waals surface area contributed by atoms with Gasteiger partial charge in [-0.1, -0.05) is 11.6 Å². The summed E-state index contributed by atoms with van der Waals surface area (Å²) < 4.78 is 0. The highest BCUT2D eigenvalue weighted by atomic mass is 35.5. The van der Waals surface area contributed by atoms with Gasteiger partial charge in [0.05, 0.1) is 5.02 Å². The van der Waals surface area contributed by atoms with Gasteiger partial charge in [0.2, 0.25) is 0 Å². The van der Waals surface area contributed by atoms with Crippen LogP contribution in [-0.4, -0.2) is 50.2 Å². The molecule has 1 aromatic heterocycles. The number of hydrogen-bond donors (Lipinski definition) is 1. The van der Waals surface area contributed by atoms with Gasteiger partial charge in [-0.15, -0.1) is 0 Å². The lowest BCUT2D eigenvalue weighted by atomic mass is 10.2. The Labute approximate surface area is 127 Å². The summed E-state index contributed by atoms with van der Waals surface area (Å²) in [6, 6.07) is 2.74. The van der Waals surface area contributed by atoms with E-state index in [-0.39, 0.29) is 0 Å². The zero-order chi connectivity index (χ0) is 14.5. The van der Waals surface area contributed by atoms with Gasteiger partial charge >= 0.3 is 0 Å². The topological polar surface area (TPSA) is 31.4 Å². The number of anilines is 1. The minimum atomic E-state index is 0.710. The Kier molecular flexibility index (Phi) is 5.64. The highest BCUT2D eigenvalue weighted by Crippen LogP contribution is 2.24. The van der Waals surface area contributed by atoms with Gasteiger partial charge in [-0.3, -0.25) is 0 Å². The molecule has 0 radical (unpaired) electrons. The van der Waals surface area contributed by atoms with E-state index in [1.54, 1.807) is 0 Å². The van der Waals surface area contributed by atoms with Crippen LogP contribution in [0.25, 0.3) is 0 Å². The molecule has 0 atom stereocenters. The molecule has 112 valence electrons. The minimum Gasteiger partial charge on any atom is -0.358 e. The van der Waals surface area contributed by atoms with Crippen molar-refractivity contribution in [2.75, 3.05) is 39.1 Å². The third-order valence-corrected chi connectivity index (χ3v) is 3.79. The molecule has 2 rings (SSSR count). The van der Waals surface area contributed by atoms with Crippen molar-refractivity contribution in [3.05, 3.63) is 22.8 Å². The lowest BCUT2D eigenvalue weighted by molar-refractivity contribution is 0.401. The molecule has 1 fully saturated rings. The second-order valence-corrected chi connectivity index (χ2v) is 6.29. The molecule has 1 aliphatic rings. The summed E-state index contributed by atoms with van der Waals surface area (Å²) in [4.78, 5) is 8.83. The average Bonchev–Trinajstić information content (AvgIpc) is 3.19. The van der Waals surface area contributed by atoms with E-state index in [0.29, 0.717) is 6.04 Å². The predicted octanol–water partition coefficient (Wildman–Crippen LogP) is 2.37. The summed E-state index contributed by atoms with van der Waals surface area (Å²) in [5.41, 5.74) is 1.16. The molecular formula is C15H25ClN4. The molecular weight excluding hydrogens is 272 g/mol. The summed E-state index contributed by atoms with van der Waals surface area (Å²) >= 11 is 6.35. The van der Waals surface area contributed by atoms with E-state index in [0.717, 1.165) is 42.5 Å². The van der Waals surface area contributed by atoms with Gasteiger partial charge in [0.25, 0.3) is 0 Å². The van der Waals surface area contributed by atoms with Crippen LogP contribution >= 0.6 is 11.6 Å². The standard InChI is InChI=1S/C15H25ClN4/c1-19(2)7-4-8-20(3)15-14(16)9-12(11-18-15)10-17-13-5-6-13/h9,11,13,17H,4-8,10H2,1-3H3. The van der Waals surface area contributed by atoms with Crippen molar-refractivity contribution < 1.29 is 0 Å². The molecule has 1 saturated carbocycles. The Bertz CT molecular complexity index is 432. The molecule has 1 aromatic rings. The largest absolute Gasteiger partial charge is 0.358 e. The van der Waals surface area contributed by atoms with Gasteiger partial charge in [-0.05, 0) is 51.5 Å². The molecule has 0 unspecified atom stereocenters. The van der Waals surface area contributed by atoms with Crippen molar-refractivity contribution in [1.82, 2.24) is 15.2 Å². The highest BCUT2D eigenvalue weighted by Gasteiger charge is 2.20. The van der Waals surface area contributed by atoms with E-state index in [4.69, 9.17) is 11.6 Å². The van der Waals surface area contributed by atoms with Crippen molar-refractivity contribution in [2.24, 2.45) is 0 Å². The molecule has 0 aliphatic heterocycles. The molecule has 0 bridgehead atoms. The molecule has 20 heavy (non-hydrogen) atoms. The second-order valence-electron chi connectivity index (χ2n) is 5.88. The van der Waals surface area contributed by atoms with Crippen molar-refractivity contribution in [3.63, 3.8) is 0 Å². The second kappa shape index (κ2) is 7.25. The molecule has 5 heteroatoms. The van der Waals surface area contributed by atoms with Crippen LogP contribution in [0.4, 0.5) is 5.82 Å². The Hall–Kier alpha value is -0.840. The van der Waals surface area contributed by atoms with Gasteiger partial charge in [-0.2, -0.15) is 0 Å². The predicted molar refractivity (Wildman–Crippen MR) is 85.5 cm³/mol. The number of hydrogen-bond acceptors (Lipinski definition) is 4. The highest BCUT2D eigenvalue weighted by molar-refractivity contribution is 6.33. The van der Waals surface area contributed by atoms with E-state index >= 15 is 0 Å². The van der Waals surface area contributed by atoms with Crippen LogP contribution in [0, 0.1) is 0 Å². The maximum Gasteiger partial charge on any atom is 0.147 e. The maximum absolute atomic E-state index is 6.35. The fraction of sp³-hybridized carbons (Fsp3) is 0.667. The quantitative estimate of drug-likeness (QED) is 0.798. The number of rotatable bonds is 8. The number of nitrogens with one attached hydrogen (secondary N) is 1. The SMILES string of the molecule is CN(C)CCCN(C)c1ncc(CNC2CC2)cc1Cl. The Balaban J connectivity index is 1.86. The third-order valence-electron chi connectivity index (χ3n) is 3.51. The maximum atomic E-state index is 6.35. The molecule has 0 aromatic carbocycles. The van der Waals surface area contributed by atoms with Gasteiger partial charge in [0, 0.05) is 32.4 Å². The first kappa shape index (κ1) is 15.5. The first-order valence-electron chi connectivity index (χ1n) is 7.30. The van der Waals surface area contributed by atoms with Crippen LogP contribution in [0.2, 0.25) is 5.02 Å². The number of nitrogens with zero attached hydrogens (tertiary/aromatic N) is 3. The first-order chi connectivity index (χ1) is 9.56. The van der Waals surface area contributed by atoms with Gasteiger partial charge in [-0.25, -0.2) is 4.98 Å². The summed E-state index contributed by atoms with van der Waals surface area (Å²) in [6.07, 6.45) is 5.63. The minimum absolute atomic E-state index is 0.710. The van der Waals surface area contributed by atoms with Crippen molar-refractivity contribution in [1.29, 1.82) is 0 Å². The van der Waals surface area contributed by atoms with Gasteiger partial charge in [0.15, 0.2) is 0 Å². The zero-order valence-corrected chi connectivity index (χ0v) is 13.5. The molecule has 1 heterocycles. The van der Waals surface area contributed by atoms with E-state index < -0.39 is 0 Å². The Morgan fingerprint density at radius 1 is 1.30 bits per heavy atom. The number of halogens is 1. The monoisotopic (exact) mass is 296 g/mol. The van der Waals surface area contributed by atoms with Crippen molar-refractivity contribution in [3.8, 4) is 0 Å². The Morgan fingerprint density at radius 3 is 2.65 bits per heavy atom. The number of pyridine rings is 1. The average molecular weight is 297 g/mol. The van der Waals surface area contributed by atoms with Crippen LogP contribution < -0.4 is 10.2 Å². The van der Waals surface area contributed by atoms with Crippen LogP contribution in [0.3, 0.4) is 0 Å². The Morgan fingerprint density at radius 2 is 2.05 bits per heavy atom. The van der Waals surface area contributed by atoms with Crippen LogP contribution in [0.1, 0.15) is 24.8 Å². The normalized spacial score (nSPS) is 14.8. The summed E-state index contributed by atoms with van der Waals surface area (Å²) in [6.45, 7) is 2.90. The molecule has 0 spiro atoms.